The smallest absolute Gasteiger partial charge is 0.0353 e. The van der Waals surface area contributed by atoms with Crippen molar-refractivity contribution in [2.24, 2.45) is 0 Å². The van der Waals surface area contributed by atoms with Crippen molar-refractivity contribution in [3.05, 3.63) is 35.4 Å². The van der Waals surface area contributed by atoms with E-state index in [1.807, 2.05) is 19.1 Å². The van der Waals surface area contributed by atoms with Gasteiger partial charge in [0.15, 0.2) is 0 Å². The van der Waals surface area contributed by atoms with E-state index in [2.05, 4.69) is 36.6 Å². The topological polar surface area (TPSA) is 15.3 Å². The van der Waals surface area contributed by atoms with Crippen molar-refractivity contribution in [1.29, 1.82) is 0 Å². The number of benzene rings is 1. The van der Waals surface area contributed by atoms with Gasteiger partial charge in [-0.05, 0) is 12.5 Å². The highest BCUT2D eigenvalue weighted by atomic mass is 15.5. The van der Waals surface area contributed by atoms with Gasteiger partial charge in [-0.3, -0.25) is 10.4 Å². The van der Waals surface area contributed by atoms with Crippen LogP contribution in [0.3, 0.4) is 0 Å². The molecule has 12 heavy (non-hydrogen) atoms. The maximum atomic E-state index is 3.22. The fourth-order valence-corrected chi connectivity index (χ4v) is 1.07. The molecule has 1 N–H and O–H groups in total. The molecular formula is C10H16N2. The first-order chi connectivity index (χ1) is 5.68. The van der Waals surface area contributed by atoms with E-state index >= 15 is 0 Å². The van der Waals surface area contributed by atoms with Gasteiger partial charge in [-0.1, -0.05) is 29.8 Å². The molecule has 0 saturated heterocycles. The fourth-order valence-electron chi connectivity index (χ4n) is 1.07. The van der Waals surface area contributed by atoms with E-state index in [9.17, 15) is 0 Å². The molecule has 0 atom stereocenters. The van der Waals surface area contributed by atoms with Crippen molar-refractivity contribution in [3.63, 3.8) is 0 Å². The fraction of sp³-hybridized carbons (Fsp3) is 0.400. The van der Waals surface area contributed by atoms with Gasteiger partial charge in [0.25, 0.3) is 0 Å². The van der Waals surface area contributed by atoms with Crippen LogP contribution < -0.4 is 5.43 Å². The van der Waals surface area contributed by atoms with Crippen LogP contribution >= 0.6 is 0 Å². The van der Waals surface area contributed by atoms with Crippen LogP contribution in [0.4, 0.5) is 0 Å². The van der Waals surface area contributed by atoms with Crippen LogP contribution in [-0.2, 0) is 6.54 Å². The highest BCUT2D eigenvalue weighted by molar-refractivity contribution is 5.21. The normalized spacial score (nSPS) is 10.7. The number of rotatable bonds is 3. The number of aryl methyl sites for hydroxylation is 1. The van der Waals surface area contributed by atoms with Gasteiger partial charge in [0.05, 0.1) is 0 Å². The van der Waals surface area contributed by atoms with Crippen LogP contribution in [0.1, 0.15) is 11.1 Å². The minimum atomic E-state index is 0.898. The first kappa shape index (κ1) is 9.23. The van der Waals surface area contributed by atoms with Gasteiger partial charge in [-0.2, -0.15) is 0 Å². The molecule has 2 nitrogen and oxygen atoms in total. The SMILES string of the molecule is Cc1cccc(CNN(C)C)c1. The van der Waals surface area contributed by atoms with Gasteiger partial charge >= 0.3 is 0 Å². The summed E-state index contributed by atoms with van der Waals surface area (Å²) < 4.78 is 0. The van der Waals surface area contributed by atoms with Crippen molar-refractivity contribution in [2.45, 2.75) is 13.5 Å². The highest BCUT2D eigenvalue weighted by Gasteiger charge is 1.92. The summed E-state index contributed by atoms with van der Waals surface area (Å²) in [7, 11) is 3.99. The molecule has 0 bridgehead atoms. The molecule has 0 amide bonds. The van der Waals surface area contributed by atoms with Crippen molar-refractivity contribution < 1.29 is 0 Å². The Hall–Kier alpha value is -0.860. The lowest BCUT2D eigenvalue weighted by Gasteiger charge is -2.11. The molecule has 2 heteroatoms. The summed E-state index contributed by atoms with van der Waals surface area (Å²) in [5.74, 6) is 0. The molecule has 0 aromatic heterocycles. The Morgan fingerprint density at radius 1 is 1.33 bits per heavy atom. The van der Waals surface area contributed by atoms with Gasteiger partial charge in [0, 0.05) is 20.6 Å². The standard InChI is InChI=1S/C10H16N2/c1-9-5-4-6-10(7-9)8-11-12(2)3/h4-7,11H,8H2,1-3H3. The van der Waals surface area contributed by atoms with E-state index in [-0.39, 0.29) is 0 Å². The zero-order chi connectivity index (χ0) is 8.97. The summed E-state index contributed by atoms with van der Waals surface area (Å²) in [6, 6.07) is 8.52. The summed E-state index contributed by atoms with van der Waals surface area (Å²) >= 11 is 0. The van der Waals surface area contributed by atoms with E-state index in [1.54, 1.807) is 0 Å². The number of hydrogen-bond donors (Lipinski definition) is 1. The monoisotopic (exact) mass is 164 g/mol. The molecule has 0 aliphatic heterocycles. The molecule has 0 saturated carbocycles. The Bertz CT molecular complexity index is 243. The molecule has 0 radical (unpaired) electrons. The van der Waals surface area contributed by atoms with Crippen molar-refractivity contribution in [1.82, 2.24) is 10.4 Å². The van der Waals surface area contributed by atoms with Gasteiger partial charge in [-0.25, -0.2) is 0 Å². The maximum Gasteiger partial charge on any atom is 0.0353 e. The second-order valence-electron chi connectivity index (χ2n) is 3.22. The highest BCUT2D eigenvalue weighted by Crippen LogP contribution is 2.02. The molecule has 0 fully saturated rings. The molecule has 1 rings (SSSR count). The van der Waals surface area contributed by atoms with Gasteiger partial charge in [-0.15, -0.1) is 0 Å². The summed E-state index contributed by atoms with van der Waals surface area (Å²) in [5, 5.41) is 1.96. The van der Waals surface area contributed by atoms with Crippen molar-refractivity contribution >= 4 is 0 Å². The molecule has 0 aliphatic rings. The summed E-state index contributed by atoms with van der Waals surface area (Å²) in [6.45, 7) is 3.01. The first-order valence-electron chi connectivity index (χ1n) is 4.15. The van der Waals surface area contributed by atoms with Crippen molar-refractivity contribution in [2.75, 3.05) is 14.1 Å². The third kappa shape index (κ3) is 3.03. The Balaban J connectivity index is 2.52. The number of hydrazine groups is 1. The lowest BCUT2D eigenvalue weighted by molar-refractivity contribution is 0.286. The van der Waals surface area contributed by atoms with E-state index < -0.39 is 0 Å². The molecule has 0 aliphatic carbocycles. The summed E-state index contributed by atoms with van der Waals surface area (Å²) in [4.78, 5) is 0. The molecule has 0 spiro atoms. The van der Waals surface area contributed by atoms with E-state index in [0.29, 0.717) is 0 Å². The van der Waals surface area contributed by atoms with E-state index in [0.717, 1.165) is 6.54 Å². The van der Waals surface area contributed by atoms with Crippen LogP contribution in [0.25, 0.3) is 0 Å². The van der Waals surface area contributed by atoms with Crippen molar-refractivity contribution in [3.8, 4) is 0 Å². The maximum absolute atomic E-state index is 3.22. The second-order valence-corrected chi connectivity index (χ2v) is 3.22. The minimum Gasteiger partial charge on any atom is -0.251 e. The number of nitrogens with zero attached hydrogens (tertiary/aromatic N) is 1. The Kier molecular flexibility index (Phi) is 3.26. The van der Waals surface area contributed by atoms with Crippen LogP contribution in [-0.4, -0.2) is 19.1 Å². The molecule has 66 valence electrons. The summed E-state index contributed by atoms with van der Waals surface area (Å²) in [5.41, 5.74) is 5.86. The lowest BCUT2D eigenvalue weighted by Crippen LogP contribution is -2.29. The third-order valence-electron chi connectivity index (χ3n) is 1.68. The molecule has 0 unspecified atom stereocenters. The molecule has 1 aromatic carbocycles. The Morgan fingerprint density at radius 3 is 2.67 bits per heavy atom. The predicted molar refractivity (Wildman–Crippen MR) is 51.7 cm³/mol. The van der Waals surface area contributed by atoms with E-state index in [4.69, 9.17) is 0 Å². The third-order valence-corrected chi connectivity index (χ3v) is 1.68. The van der Waals surface area contributed by atoms with Gasteiger partial charge in [0.2, 0.25) is 0 Å². The molecule has 1 aromatic rings. The Morgan fingerprint density at radius 2 is 2.08 bits per heavy atom. The zero-order valence-electron chi connectivity index (χ0n) is 7.96. The summed E-state index contributed by atoms with van der Waals surface area (Å²) in [6.07, 6.45) is 0. The Labute approximate surface area is 74.2 Å². The first-order valence-corrected chi connectivity index (χ1v) is 4.15. The quantitative estimate of drug-likeness (QED) is 0.682. The van der Waals surface area contributed by atoms with Crippen LogP contribution in [0.2, 0.25) is 0 Å². The largest absolute Gasteiger partial charge is 0.251 e. The molecular weight excluding hydrogens is 148 g/mol. The second kappa shape index (κ2) is 4.24. The van der Waals surface area contributed by atoms with Crippen LogP contribution in [0.15, 0.2) is 24.3 Å². The van der Waals surface area contributed by atoms with Gasteiger partial charge in [0.1, 0.15) is 0 Å². The number of nitrogens with one attached hydrogen (secondary N) is 1. The zero-order valence-corrected chi connectivity index (χ0v) is 7.96. The van der Waals surface area contributed by atoms with Crippen LogP contribution in [0, 0.1) is 6.92 Å². The van der Waals surface area contributed by atoms with E-state index in [1.165, 1.54) is 11.1 Å². The molecule has 0 heterocycles. The average Bonchev–Trinajstić information content (AvgIpc) is 2.01. The predicted octanol–water partition coefficient (Wildman–Crippen LogP) is 1.56. The van der Waals surface area contributed by atoms with Crippen LogP contribution in [0.5, 0.6) is 0 Å². The lowest BCUT2D eigenvalue weighted by atomic mass is 10.1. The number of hydrogen-bond acceptors (Lipinski definition) is 2. The average molecular weight is 164 g/mol. The van der Waals surface area contributed by atoms with Gasteiger partial charge < -0.3 is 0 Å². The minimum absolute atomic E-state index is 0.898.